The van der Waals surface area contributed by atoms with Crippen molar-refractivity contribution in [3.8, 4) is 5.75 Å². The van der Waals surface area contributed by atoms with Gasteiger partial charge in [0.25, 0.3) is 0 Å². The molecule has 0 aromatic heterocycles. The Labute approximate surface area is 121 Å². The lowest BCUT2D eigenvalue weighted by molar-refractivity contribution is -0.386. The number of hydrogen-bond acceptors (Lipinski definition) is 3. The van der Waals surface area contributed by atoms with Gasteiger partial charge in [-0.25, -0.2) is 0 Å². The molecule has 2 rings (SSSR count). The summed E-state index contributed by atoms with van der Waals surface area (Å²) in [4.78, 5) is 10.8. The standard InChI is InChI=1S/C14H18BrNO3/c1-10-6-11(2)13(12(7-10)16(17)18)19-9-14(8-15)4-3-5-14/h6-7H,3-5,8-9H2,1-2H3. The van der Waals surface area contributed by atoms with E-state index in [9.17, 15) is 10.1 Å². The predicted molar refractivity (Wildman–Crippen MR) is 78.1 cm³/mol. The molecule has 104 valence electrons. The van der Waals surface area contributed by atoms with Crippen LogP contribution in [0.1, 0.15) is 30.4 Å². The van der Waals surface area contributed by atoms with Gasteiger partial charge in [0.05, 0.1) is 11.5 Å². The molecular formula is C14H18BrNO3. The number of nitro benzene ring substituents is 1. The number of hydrogen-bond donors (Lipinski definition) is 0. The van der Waals surface area contributed by atoms with Gasteiger partial charge in [0, 0.05) is 16.8 Å². The second-order valence-corrected chi connectivity index (χ2v) is 6.02. The van der Waals surface area contributed by atoms with Crippen LogP contribution >= 0.6 is 15.9 Å². The van der Waals surface area contributed by atoms with Gasteiger partial charge in [-0.3, -0.25) is 10.1 Å². The van der Waals surface area contributed by atoms with E-state index in [4.69, 9.17) is 4.74 Å². The van der Waals surface area contributed by atoms with Crippen molar-refractivity contribution in [2.75, 3.05) is 11.9 Å². The van der Waals surface area contributed by atoms with Crippen molar-refractivity contribution in [3.05, 3.63) is 33.4 Å². The summed E-state index contributed by atoms with van der Waals surface area (Å²) in [5.41, 5.74) is 1.94. The van der Waals surface area contributed by atoms with E-state index < -0.39 is 0 Å². The van der Waals surface area contributed by atoms with Crippen molar-refractivity contribution in [1.82, 2.24) is 0 Å². The first kappa shape index (κ1) is 14.3. The molecule has 1 fully saturated rings. The minimum absolute atomic E-state index is 0.0709. The number of rotatable bonds is 5. The minimum atomic E-state index is -0.364. The monoisotopic (exact) mass is 327 g/mol. The minimum Gasteiger partial charge on any atom is -0.486 e. The molecule has 0 spiro atoms. The zero-order chi connectivity index (χ0) is 14.0. The molecule has 19 heavy (non-hydrogen) atoms. The van der Waals surface area contributed by atoms with Crippen molar-refractivity contribution in [1.29, 1.82) is 0 Å². The van der Waals surface area contributed by atoms with Gasteiger partial charge in [-0.15, -0.1) is 0 Å². The largest absolute Gasteiger partial charge is 0.486 e. The van der Waals surface area contributed by atoms with Crippen LogP contribution in [0.2, 0.25) is 0 Å². The Morgan fingerprint density at radius 1 is 1.42 bits per heavy atom. The van der Waals surface area contributed by atoms with E-state index in [1.807, 2.05) is 19.9 Å². The summed E-state index contributed by atoms with van der Waals surface area (Å²) in [7, 11) is 0. The molecule has 1 aromatic rings. The highest BCUT2D eigenvalue weighted by molar-refractivity contribution is 9.09. The number of aryl methyl sites for hydroxylation is 2. The molecule has 4 nitrogen and oxygen atoms in total. The van der Waals surface area contributed by atoms with E-state index in [0.717, 1.165) is 29.3 Å². The highest BCUT2D eigenvalue weighted by Crippen LogP contribution is 2.43. The van der Waals surface area contributed by atoms with Crippen LogP contribution in [0.25, 0.3) is 0 Å². The van der Waals surface area contributed by atoms with Crippen molar-refractivity contribution in [3.63, 3.8) is 0 Å². The molecule has 0 aliphatic heterocycles. The van der Waals surface area contributed by atoms with E-state index >= 15 is 0 Å². The molecule has 0 saturated heterocycles. The van der Waals surface area contributed by atoms with E-state index in [1.54, 1.807) is 6.07 Å². The van der Waals surface area contributed by atoms with Gasteiger partial charge < -0.3 is 4.74 Å². The topological polar surface area (TPSA) is 52.4 Å². The molecule has 0 heterocycles. The predicted octanol–water partition coefficient (Wildman–Crippen LogP) is 4.16. The summed E-state index contributed by atoms with van der Waals surface area (Å²) in [6.07, 6.45) is 3.46. The Hall–Kier alpha value is -1.10. The van der Waals surface area contributed by atoms with Crippen LogP contribution in [-0.4, -0.2) is 16.9 Å². The van der Waals surface area contributed by atoms with Crippen LogP contribution in [0.5, 0.6) is 5.75 Å². The Morgan fingerprint density at radius 2 is 2.11 bits per heavy atom. The van der Waals surface area contributed by atoms with Crippen molar-refractivity contribution < 1.29 is 9.66 Å². The fourth-order valence-electron chi connectivity index (χ4n) is 2.47. The Bertz CT molecular complexity index is 492. The second kappa shape index (κ2) is 5.49. The number of nitrogens with zero attached hydrogens (tertiary/aromatic N) is 1. The zero-order valence-electron chi connectivity index (χ0n) is 11.2. The first-order valence-corrected chi connectivity index (χ1v) is 7.54. The first-order valence-electron chi connectivity index (χ1n) is 6.42. The second-order valence-electron chi connectivity index (χ2n) is 5.46. The summed E-state index contributed by atoms with van der Waals surface area (Å²) in [6, 6.07) is 3.49. The summed E-state index contributed by atoms with van der Waals surface area (Å²) in [6.45, 7) is 4.26. The molecule has 1 saturated carbocycles. The molecule has 0 atom stereocenters. The lowest BCUT2D eigenvalue weighted by Crippen LogP contribution is -2.37. The lowest BCUT2D eigenvalue weighted by Gasteiger charge is -2.40. The van der Waals surface area contributed by atoms with Crippen molar-refractivity contribution in [2.24, 2.45) is 5.41 Å². The summed E-state index contributed by atoms with van der Waals surface area (Å²) < 4.78 is 5.81. The maximum absolute atomic E-state index is 11.1. The molecular weight excluding hydrogens is 310 g/mol. The molecule has 0 bridgehead atoms. The van der Waals surface area contributed by atoms with Gasteiger partial charge >= 0.3 is 5.69 Å². The van der Waals surface area contributed by atoms with Gasteiger partial charge in [-0.2, -0.15) is 0 Å². The van der Waals surface area contributed by atoms with Crippen molar-refractivity contribution in [2.45, 2.75) is 33.1 Å². The van der Waals surface area contributed by atoms with Gasteiger partial charge in [0.2, 0.25) is 0 Å². The fraction of sp³-hybridized carbons (Fsp3) is 0.571. The van der Waals surface area contributed by atoms with Gasteiger partial charge in [-0.1, -0.05) is 28.4 Å². The van der Waals surface area contributed by atoms with Gasteiger partial charge in [0.15, 0.2) is 5.75 Å². The van der Waals surface area contributed by atoms with Crippen LogP contribution in [0.4, 0.5) is 5.69 Å². The quantitative estimate of drug-likeness (QED) is 0.463. The Kier molecular flexibility index (Phi) is 4.13. The van der Waals surface area contributed by atoms with Gasteiger partial charge in [0.1, 0.15) is 0 Å². The molecule has 0 amide bonds. The summed E-state index contributed by atoms with van der Waals surface area (Å²) in [5, 5.41) is 12.0. The number of halogens is 1. The zero-order valence-corrected chi connectivity index (χ0v) is 12.8. The van der Waals surface area contributed by atoms with Crippen LogP contribution < -0.4 is 4.74 Å². The average Bonchev–Trinajstić information content (AvgIpc) is 2.29. The Balaban J connectivity index is 2.22. The maximum atomic E-state index is 11.1. The molecule has 1 aliphatic carbocycles. The van der Waals surface area contributed by atoms with Crippen LogP contribution in [-0.2, 0) is 0 Å². The number of nitro groups is 1. The van der Waals surface area contributed by atoms with E-state index in [1.165, 1.54) is 6.42 Å². The third-order valence-corrected chi connectivity index (χ3v) is 5.01. The van der Waals surface area contributed by atoms with E-state index in [2.05, 4.69) is 15.9 Å². The van der Waals surface area contributed by atoms with Gasteiger partial charge in [-0.05, 0) is 37.8 Å². The maximum Gasteiger partial charge on any atom is 0.311 e. The highest BCUT2D eigenvalue weighted by Gasteiger charge is 2.37. The lowest BCUT2D eigenvalue weighted by atomic mass is 9.71. The third kappa shape index (κ3) is 2.91. The van der Waals surface area contributed by atoms with Crippen LogP contribution in [0.3, 0.4) is 0 Å². The number of ether oxygens (including phenoxy) is 1. The van der Waals surface area contributed by atoms with E-state index in [0.29, 0.717) is 12.4 Å². The molecule has 5 heteroatoms. The Morgan fingerprint density at radius 3 is 2.58 bits per heavy atom. The molecule has 0 unspecified atom stereocenters. The summed E-state index contributed by atoms with van der Waals surface area (Å²) >= 11 is 3.52. The molecule has 0 N–H and O–H groups in total. The third-order valence-electron chi connectivity index (χ3n) is 3.82. The van der Waals surface area contributed by atoms with Crippen LogP contribution in [0.15, 0.2) is 12.1 Å². The van der Waals surface area contributed by atoms with Crippen molar-refractivity contribution >= 4 is 21.6 Å². The molecule has 1 aliphatic rings. The smallest absolute Gasteiger partial charge is 0.311 e. The number of alkyl halides is 1. The fourth-order valence-corrected chi connectivity index (χ4v) is 3.20. The average molecular weight is 328 g/mol. The normalized spacial score (nSPS) is 16.8. The van der Waals surface area contributed by atoms with E-state index in [-0.39, 0.29) is 16.0 Å². The molecule has 0 radical (unpaired) electrons. The molecule has 1 aromatic carbocycles. The highest BCUT2D eigenvalue weighted by atomic mass is 79.9. The SMILES string of the molecule is Cc1cc(C)c(OCC2(CBr)CCC2)c([N+](=O)[O-])c1. The number of benzene rings is 1. The van der Waals surface area contributed by atoms with Crippen LogP contribution in [0, 0.1) is 29.4 Å². The summed E-state index contributed by atoms with van der Waals surface area (Å²) in [5.74, 6) is 0.419. The first-order chi connectivity index (χ1) is 8.97.